The average molecular weight is 376 g/mol. The monoisotopic (exact) mass is 376 g/mol. The van der Waals surface area contributed by atoms with Gasteiger partial charge < -0.3 is 0 Å². The van der Waals surface area contributed by atoms with Crippen LogP contribution in [-0.4, -0.2) is 22.3 Å². The molecule has 2 aromatic rings. The summed E-state index contributed by atoms with van der Waals surface area (Å²) in [6, 6.07) is 6.67. The van der Waals surface area contributed by atoms with Crippen LogP contribution < -0.4 is 0 Å². The van der Waals surface area contributed by atoms with E-state index in [4.69, 9.17) is 0 Å². The van der Waals surface area contributed by atoms with Crippen LogP contribution in [0.3, 0.4) is 0 Å². The molecular weight excluding hydrogens is 358 g/mol. The topological polar surface area (TPSA) is 25.8 Å². The molecular formula is C18H18F6N2. The van der Waals surface area contributed by atoms with E-state index < -0.39 is 25.2 Å². The lowest BCUT2D eigenvalue weighted by molar-refractivity contribution is -0.136. The summed E-state index contributed by atoms with van der Waals surface area (Å²) in [6.45, 7) is 0. The van der Waals surface area contributed by atoms with Crippen molar-refractivity contribution in [2.75, 3.05) is 0 Å². The highest BCUT2D eigenvalue weighted by Crippen LogP contribution is 2.29. The van der Waals surface area contributed by atoms with Gasteiger partial charge in [-0.25, -0.2) is 0 Å². The van der Waals surface area contributed by atoms with Crippen molar-refractivity contribution in [2.45, 2.75) is 50.9 Å². The van der Waals surface area contributed by atoms with Gasteiger partial charge in [0.1, 0.15) is 0 Å². The number of hydrogen-bond acceptors (Lipinski definition) is 2. The molecule has 0 N–H and O–H groups in total. The van der Waals surface area contributed by atoms with Crippen LogP contribution in [0.15, 0.2) is 36.7 Å². The molecule has 0 spiro atoms. The molecule has 0 radical (unpaired) electrons. The average Bonchev–Trinajstić information content (AvgIpc) is 2.54. The molecule has 0 aliphatic heterocycles. The molecule has 0 aliphatic rings. The summed E-state index contributed by atoms with van der Waals surface area (Å²) in [6.07, 6.45) is -7.49. The number of nitrogens with zero attached hydrogens (tertiary/aromatic N) is 2. The minimum absolute atomic E-state index is 0.0839. The first kappa shape index (κ1) is 20.2. The van der Waals surface area contributed by atoms with E-state index in [1.165, 1.54) is 12.4 Å². The summed E-state index contributed by atoms with van der Waals surface area (Å²) in [5.74, 6) is 0. The number of aryl methyl sites for hydroxylation is 1. The Hall–Kier alpha value is -2.12. The van der Waals surface area contributed by atoms with Gasteiger partial charge in [-0.2, -0.15) is 26.3 Å². The van der Waals surface area contributed by atoms with Crippen molar-refractivity contribution in [1.82, 2.24) is 9.97 Å². The number of pyridine rings is 2. The van der Waals surface area contributed by atoms with Gasteiger partial charge >= 0.3 is 12.4 Å². The Bertz CT molecular complexity index is 695. The second kappa shape index (κ2) is 8.51. The summed E-state index contributed by atoms with van der Waals surface area (Å²) in [5.41, 5.74) is 2.05. The molecule has 2 rings (SSSR count). The lowest BCUT2D eigenvalue weighted by Gasteiger charge is -2.15. The lowest BCUT2D eigenvalue weighted by atomic mass is 9.95. The van der Waals surface area contributed by atoms with Crippen LogP contribution in [0.2, 0.25) is 0 Å². The third kappa shape index (κ3) is 6.65. The van der Waals surface area contributed by atoms with Crippen molar-refractivity contribution in [3.05, 3.63) is 47.8 Å². The molecule has 2 heterocycles. The molecule has 0 saturated heterocycles. The molecule has 2 aromatic heterocycles. The van der Waals surface area contributed by atoms with Gasteiger partial charge in [0.05, 0.1) is 11.4 Å². The number of aromatic nitrogens is 2. The zero-order valence-electron chi connectivity index (χ0n) is 13.9. The molecule has 2 nitrogen and oxygen atoms in total. The fourth-order valence-electron chi connectivity index (χ4n) is 2.71. The van der Waals surface area contributed by atoms with Crippen LogP contribution in [0.25, 0.3) is 11.4 Å². The second-order valence-corrected chi connectivity index (χ2v) is 5.95. The molecule has 0 fully saturated rings. The van der Waals surface area contributed by atoms with Gasteiger partial charge in [0.2, 0.25) is 0 Å². The van der Waals surface area contributed by atoms with Crippen LogP contribution >= 0.6 is 0 Å². The Balaban J connectivity index is 2.25. The first-order valence-electron chi connectivity index (χ1n) is 8.17. The molecule has 0 unspecified atom stereocenters. The van der Waals surface area contributed by atoms with Crippen molar-refractivity contribution < 1.29 is 26.3 Å². The highest BCUT2D eigenvalue weighted by molar-refractivity contribution is 5.60. The minimum Gasteiger partial charge on any atom is -0.255 e. The third-order valence-electron chi connectivity index (χ3n) is 3.85. The molecule has 26 heavy (non-hydrogen) atoms. The van der Waals surface area contributed by atoms with Gasteiger partial charge in [0.15, 0.2) is 0 Å². The SMILES string of the molecule is FC(F)(F)CCCc1ccnc(-c2ccccn2)c1CCCC(F)(F)F. The van der Waals surface area contributed by atoms with Gasteiger partial charge in [-0.15, -0.1) is 0 Å². The van der Waals surface area contributed by atoms with E-state index in [-0.39, 0.29) is 25.7 Å². The van der Waals surface area contributed by atoms with E-state index in [0.717, 1.165) is 0 Å². The second-order valence-electron chi connectivity index (χ2n) is 5.95. The summed E-state index contributed by atoms with van der Waals surface area (Å²) in [5, 5.41) is 0. The van der Waals surface area contributed by atoms with E-state index in [2.05, 4.69) is 9.97 Å². The fraction of sp³-hybridized carbons (Fsp3) is 0.444. The van der Waals surface area contributed by atoms with Gasteiger partial charge in [-0.05, 0) is 55.0 Å². The first-order chi connectivity index (χ1) is 12.2. The van der Waals surface area contributed by atoms with Crippen molar-refractivity contribution in [2.24, 2.45) is 0 Å². The molecule has 0 amide bonds. The maximum absolute atomic E-state index is 12.5. The van der Waals surface area contributed by atoms with Crippen molar-refractivity contribution >= 4 is 0 Å². The smallest absolute Gasteiger partial charge is 0.255 e. The summed E-state index contributed by atoms with van der Waals surface area (Å²) < 4.78 is 74.6. The molecule has 0 bridgehead atoms. The van der Waals surface area contributed by atoms with Crippen molar-refractivity contribution in [3.63, 3.8) is 0 Å². The zero-order chi connectivity index (χ0) is 19.2. The largest absolute Gasteiger partial charge is 0.389 e. The van der Waals surface area contributed by atoms with Gasteiger partial charge in [0.25, 0.3) is 0 Å². The quantitative estimate of drug-likeness (QED) is 0.561. The predicted octanol–water partition coefficient (Wildman–Crippen LogP) is 5.91. The van der Waals surface area contributed by atoms with Crippen molar-refractivity contribution in [3.8, 4) is 11.4 Å². The Labute approximate surface area is 147 Å². The highest BCUT2D eigenvalue weighted by Gasteiger charge is 2.28. The van der Waals surface area contributed by atoms with Gasteiger partial charge in [-0.1, -0.05) is 6.07 Å². The van der Waals surface area contributed by atoms with Crippen molar-refractivity contribution in [1.29, 1.82) is 0 Å². The molecule has 8 heteroatoms. The highest BCUT2D eigenvalue weighted by atomic mass is 19.4. The number of hydrogen-bond donors (Lipinski definition) is 0. The van der Waals surface area contributed by atoms with E-state index in [1.807, 2.05) is 0 Å². The van der Waals surface area contributed by atoms with E-state index in [0.29, 0.717) is 22.5 Å². The van der Waals surface area contributed by atoms with Crippen LogP contribution in [0.4, 0.5) is 26.3 Å². The van der Waals surface area contributed by atoms with Gasteiger partial charge in [0, 0.05) is 25.2 Å². The number of alkyl halides is 6. The van der Waals surface area contributed by atoms with E-state index in [1.54, 1.807) is 24.3 Å². The van der Waals surface area contributed by atoms with E-state index in [9.17, 15) is 26.3 Å². The Kier molecular flexibility index (Phi) is 6.61. The number of rotatable bonds is 7. The predicted molar refractivity (Wildman–Crippen MR) is 85.5 cm³/mol. The minimum atomic E-state index is -4.27. The molecule has 0 saturated carbocycles. The zero-order valence-corrected chi connectivity index (χ0v) is 13.9. The van der Waals surface area contributed by atoms with Gasteiger partial charge in [-0.3, -0.25) is 9.97 Å². The molecule has 142 valence electrons. The standard InChI is InChI=1S/C18H18F6N2/c19-17(20,21)9-3-5-13-8-12-26-16(15-7-1-2-11-25-15)14(13)6-4-10-18(22,23)24/h1-2,7-8,11-12H,3-6,9-10H2. The Morgan fingerprint density at radius 3 is 1.96 bits per heavy atom. The Morgan fingerprint density at radius 2 is 1.38 bits per heavy atom. The number of halogens is 6. The first-order valence-corrected chi connectivity index (χ1v) is 8.17. The summed E-state index contributed by atoms with van der Waals surface area (Å²) in [4.78, 5) is 8.38. The van der Waals surface area contributed by atoms with Crippen LogP contribution in [0, 0.1) is 0 Å². The normalized spacial score (nSPS) is 12.4. The van der Waals surface area contributed by atoms with Crippen LogP contribution in [0.5, 0.6) is 0 Å². The Morgan fingerprint density at radius 1 is 0.731 bits per heavy atom. The molecule has 0 atom stereocenters. The molecule has 0 aliphatic carbocycles. The van der Waals surface area contributed by atoms with Crippen LogP contribution in [-0.2, 0) is 12.8 Å². The summed E-state index contributed by atoms with van der Waals surface area (Å²) in [7, 11) is 0. The van der Waals surface area contributed by atoms with E-state index >= 15 is 0 Å². The third-order valence-corrected chi connectivity index (χ3v) is 3.85. The lowest BCUT2D eigenvalue weighted by Crippen LogP contribution is -2.10. The fourth-order valence-corrected chi connectivity index (χ4v) is 2.71. The van der Waals surface area contributed by atoms with Crippen LogP contribution in [0.1, 0.15) is 36.8 Å². The maximum atomic E-state index is 12.5. The maximum Gasteiger partial charge on any atom is 0.389 e. The molecule has 0 aromatic carbocycles. The summed E-state index contributed by atoms with van der Waals surface area (Å²) >= 11 is 0.